The zero-order valence-corrected chi connectivity index (χ0v) is 12.3. The molecule has 1 fully saturated rings. The standard InChI is InChI=1S/C14H19FN2O2.ClH/c1-2-13(17-9-7-16-8-10-17)19-14(18)11-3-5-12(15)6-4-11;/h3-6,13,16H,2,7-10H2,1H3;1H. The Hall–Kier alpha value is -1.17. The highest BCUT2D eigenvalue weighted by molar-refractivity contribution is 5.89. The van der Waals surface area contributed by atoms with Gasteiger partial charge in [0.05, 0.1) is 5.56 Å². The number of hydrogen-bond donors (Lipinski definition) is 1. The summed E-state index contributed by atoms with van der Waals surface area (Å²) in [6.45, 7) is 5.55. The first-order valence-electron chi connectivity index (χ1n) is 6.62. The molecule has 1 aromatic rings. The van der Waals surface area contributed by atoms with Crippen LogP contribution in [0.5, 0.6) is 0 Å². The quantitative estimate of drug-likeness (QED) is 0.864. The molecule has 0 spiro atoms. The molecule has 2 rings (SSSR count). The molecule has 112 valence electrons. The molecule has 1 atom stereocenters. The van der Waals surface area contributed by atoms with E-state index in [1.807, 2.05) is 6.92 Å². The largest absolute Gasteiger partial charge is 0.443 e. The molecular formula is C14H20ClFN2O2. The second kappa shape index (κ2) is 8.19. The number of nitrogens with zero attached hydrogens (tertiary/aromatic N) is 1. The van der Waals surface area contributed by atoms with Crippen LogP contribution in [-0.2, 0) is 4.74 Å². The summed E-state index contributed by atoms with van der Waals surface area (Å²) in [7, 11) is 0. The van der Waals surface area contributed by atoms with E-state index in [0.717, 1.165) is 32.6 Å². The Labute approximate surface area is 124 Å². The van der Waals surface area contributed by atoms with Gasteiger partial charge in [-0.1, -0.05) is 6.92 Å². The minimum absolute atomic E-state index is 0. The summed E-state index contributed by atoms with van der Waals surface area (Å²) in [5.74, 6) is -0.754. The van der Waals surface area contributed by atoms with Crippen LogP contribution in [0.25, 0.3) is 0 Å². The van der Waals surface area contributed by atoms with Gasteiger partial charge in [0, 0.05) is 26.2 Å². The van der Waals surface area contributed by atoms with Crippen molar-refractivity contribution in [2.24, 2.45) is 0 Å². The molecule has 1 aliphatic rings. The number of carbonyl (C=O) groups is 1. The maximum Gasteiger partial charge on any atom is 0.339 e. The molecule has 0 amide bonds. The molecule has 1 N–H and O–H groups in total. The summed E-state index contributed by atoms with van der Waals surface area (Å²) in [5, 5.41) is 3.26. The van der Waals surface area contributed by atoms with E-state index in [0.29, 0.717) is 5.56 Å². The van der Waals surface area contributed by atoms with Crippen LogP contribution in [-0.4, -0.2) is 43.3 Å². The van der Waals surface area contributed by atoms with Crippen LogP contribution in [0, 0.1) is 5.82 Å². The second-order valence-electron chi connectivity index (χ2n) is 4.56. The van der Waals surface area contributed by atoms with Crippen LogP contribution in [0.15, 0.2) is 24.3 Å². The van der Waals surface area contributed by atoms with Crippen molar-refractivity contribution in [2.75, 3.05) is 26.2 Å². The van der Waals surface area contributed by atoms with Gasteiger partial charge in [-0.05, 0) is 30.7 Å². The molecule has 1 unspecified atom stereocenters. The SMILES string of the molecule is CCC(OC(=O)c1ccc(F)cc1)N1CCNCC1.Cl. The first-order chi connectivity index (χ1) is 9.20. The number of piperazine rings is 1. The molecule has 4 nitrogen and oxygen atoms in total. The minimum atomic E-state index is -0.398. The van der Waals surface area contributed by atoms with E-state index in [9.17, 15) is 9.18 Å². The fraction of sp³-hybridized carbons (Fsp3) is 0.500. The molecule has 6 heteroatoms. The van der Waals surface area contributed by atoms with E-state index >= 15 is 0 Å². The predicted octanol–water partition coefficient (Wildman–Crippen LogP) is 2.05. The summed E-state index contributed by atoms with van der Waals surface area (Å²) < 4.78 is 18.3. The van der Waals surface area contributed by atoms with Gasteiger partial charge in [0.1, 0.15) is 5.82 Å². The Morgan fingerprint density at radius 3 is 2.50 bits per heavy atom. The van der Waals surface area contributed by atoms with Crippen LogP contribution in [0.1, 0.15) is 23.7 Å². The van der Waals surface area contributed by atoms with E-state index in [1.54, 1.807) is 0 Å². The molecule has 0 saturated carbocycles. The summed E-state index contributed by atoms with van der Waals surface area (Å²) in [6, 6.07) is 5.43. The van der Waals surface area contributed by atoms with Gasteiger partial charge in [-0.15, -0.1) is 12.4 Å². The van der Waals surface area contributed by atoms with Gasteiger partial charge in [-0.2, -0.15) is 0 Å². The van der Waals surface area contributed by atoms with Crippen molar-refractivity contribution in [3.63, 3.8) is 0 Å². The van der Waals surface area contributed by atoms with Crippen molar-refractivity contribution in [1.82, 2.24) is 10.2 Å². The molecule has 1 aromatic carbocycles. The Morgan fingerprint density at radius 1 is 1.35 bits per heavy atom. The number of rotatable bonds is 4. The topological polar surface area (TPSA) is 41.6 Å². The fourth-order valence-electron chi connectivity index (χ4n) is 2.16. The monoisotopic (exact) mass is 302 g/mol. The number of halogens is 2. The van der Waals surface area contributed by atoms with E-state index in [-0.39, 0.29) is 24.5 Å². The lowest BCUT2D eigenvalue weighted by molar-refractivity contribution is -0.0384. The third-order valence-corrected chi connectivity index (χ3v) is 3.23. The number of benzene rings is 1. The summed E-state index contributed by atoms with van der Waals surface area (Å²) in [4.78, 5) is 14.1. The Bertz CT molecular complexity index is 422. The maximum absolute atomic E-state index is 12.8. The lowest BCUT2D eigenvalue weighted by atomic mass is 10.2. The number of carbonyl (C=O) groups excluding carboxylic acids is 1. The van der Waals surface area contributed by atoms with Crippen LogP contribution in [0.4, 0.5) is 4.39 Å². The molecule has 1 aliphatic heterocycles. The van der Waals surface area contributed by atoms with Gasteiger partial charge in [-0.25, -0.2) is 9.18 Å². The van der Waals surface area contributed by atoms with E-state index in [2.05, 4.69) is 10.2 Å². The van der Waals surface area contributed by atoms with Crippen molar-refractivity contribution in [3.8, 4) is 0 Å². The molecule has 20 heavy (non-hydrogen) atoms. The van der Waals surface area contributed by atoms with Gasteiger partial charge in [0.2, 0.25) is 0 Å². The van der Waals surface area contributed by atoms with Crippen LogP contribution < -0.4 is 5.32 Å². The van der Waals surface area contributed by atoms with Crippen molar-refractivity contribution in [3.05, 3.63) is 35.6 Å². The first-order valence-corrected chi connectivity index (χ1v) is 6.62. The lowest BCUT2D eigenvalue weighted by Crippen LogP contribution is -2.49. The molecular weight excluding hydrogens is 283 g/mol. The van der Waals surface area contributed by atoms with Gasteiger partial charge in [0.25, 0.3) is 0 Å². The van der Waals surface area contributed by atoms with Crippen molar-refractivity contribution in [1.29, 1.82) is 0 Å². The smallest absolute Gasteiger partial charge is 0.339 e. The number of nitrogens with one attached hydrogen (secondary N) is 1. The van der Waals surface area contributed by atoms with Crippen molar-refractivity contribution < 1.29 is 13.9 Å². The average molecular weight is 303 g/mol. The van der Waals surface area contributed by atoms with E-state index < -0.39 is 5.97 Å². The van der Waals surface area contributed by atoms with Crippen LogP contribution in [0.3, 0.4) is 0 Å². The van der Waals surface area contributed by atoms with Crippen LogP contribution >= 0.6 is 12.4 Å². The lowest BCUT2D eigenvalue weighted by Gasteiger charge is -2.33. The zero-order valence-electron chi connectivity index (χ0n) is 11.5. The normalized spacial score (nSPS) is 17.1. The van der Waals surface area contributed by atoms with Crippen molar-refractivity contribution in [2.45, 2.75) is 19.6 Å². The first kappa shape index (κ1) is 16.9. The fourth-order valence-corrected chi connectivity index (χ4v) is 2.16. The number of ether oxygens (including phenoxy) is 1. The Balaban J connectivity index is 0.00000200. The highest BCUT2D eigenvalue weighted by Gasteiger charge is 2.22. The van der Waals surface area contributed by atoms with Crippen molar-refractivity contribution >= 4 is 18.4 Å². The molecule has 0 bridgehead atoms. The van der Waals surface area contributed by atoms with Gasteiger partial charge < -0.3 is 10.1 Å². The van der Waals surface area contributed by atoms with Gasteiger partial charge in [-0.3, -0.25) is 4.90 Å². The average Bonchev–Trinajstić information content (AvgIpc) is 2.46. The summed E-state index contributed by atoms with van der Waals surface area (Å²) in [6.07, 6.45) is 0.534. The molecule has 0 aliphatic carbocycles. The molecule has 0 aromatic heterocycles. The van der Waals surface area contributed by atoms with E-state index in [1.165, 1.54) is 24.3 Å². The molecule has 1 saturated heterocycles. The number of esters is 1. The Kier molecular flexibility index (Phi) is 6.91. The summed E-state index contributed by atoms with van der Waals surface area (Å²) in [5.41, 5.74) is 0.384. The van der Waals surface area contributed by atoms with Gasteiger partial charge in [0.15, 0.2) is 6.23 Å². The molecule has 0 radical (unpaired) electrons. The molecule has 1 heterocycles. The van der Waals surface area contributed by atoms with Crippen LogP contribution in [0.2, 0.25) is 0 Å². The highest BCUT2D eigenvalue weighted by Crippen LogP contribution is 2.12. The maximum atomic E-state index is 12.8. The highest BCUT2D eigenvalue weighted by atomic mass is 35.5. The minimum Gasteiger partial charge on any atom is -0.443 e. The zero-order chi connectivity index (χ0) is 13.7. The second-order valence-corrected chi connectivity index (χ2v) is 4.56. The van der Waals surface area contributed by atoms with Gasteiger partial charge >= 0.3 is 5.97 Å². The number of hydrogen-bond acceptors (Lipinski definition) is 4. The third kappa shape index (κ3) is 4.44. The Morgan fingerprint density at radius 2 is 1.95 bits per heavy atom. The summed E-state index contributed by atoms with van der Waals surface area (Å²) >= 11 is 0. The van der Waals surface area contributed by atoms with E-state index in [4.69, 9.17) is 4.74 Å². The third-order valence-electron chi connectivity index (χ3n) is 3.23. The predicted molar refractivity (Wildman–Crippen MR) is 77.6 cm³/mol.